The number of benzene rings is 1. The molecule has 2 aliphatic heterocycles. The Hall–Kier alpha value is -1.86. The summed E-state index contributed by atoms with van der Waals surface area (Å²) in [5, 5.41) is 12.8. The first-order chi connectivity index (χ1) is 10.2. The lowest BCUT2D eigenvalue weighted by Crippen LogP contribution is -2.40. The summed E-state index contributed by atoms with van der Waals surface area (Å²) in [5.41, 5.74) is 1.26. The van der Waals surface area contributed by atoms with Gasteiger partial charge >= 0.3 is 0 Å². The average Bonchev–Trinajstić information content (AvgIpc) is 2.85. The number of rotatable bonds is 3. The highest BCUT2D eigenvalue weighted by molar-refractivity contribution is 5.94. The molecule has 110 valence electrons. The summed E-state index contributed by atoms with van der Waals surface area (Å²) < 4.78 is 0. The van der Waals surface area contributed by atoms with Gasteiger partial charge in [0.05, 0.1) is 11.3 Å². The predicted octanol–water partition coefficient (Wildman–Crippen LogP) is 2.44. The molecule has 2 unspecified atom stereocenters. The predicted molar refractivity (Wildman–Crippen MR) is 81.9 cm³/mol. The Balaban J connectivity index is 1.66. The summed E-state index contributed by atoms with van der Waals surface area (Å²) in [6.07, 6.45) is 5.31. The van der Waals surface area contributed by atoms with E-state index in [0.717, 1.165) is 12.8 Å². The molecular formula is C17H21N3O. The molecular weight excluding hydrogens is 262 g/mol. The summed E-state index contributed by atoms with van der Waals surface area (Å²) >= 11 is 0. The van der Waals surface area contributed by atoms with Gasteiger partial charge in [0, 0.05) is 25.6 Å². The van der Waals surface area contributed by atoms with E-state index < -0.39 is 0 Å². The van der Waals surface area contributed by atoms with E-state index in [2.05, 4.69) is 11.4 Å². The third-order valence-corrected chi connectivity index (χ3v) is 4.79. The molecule has 2 atom stereocenters. The van der Waals surface area contributed by atoms with Crippen molar-refractivity contribution < 1.29 is 4.79 Å². The first kappa shape index (κ1) is 14.1. The summed E-state index contributed by atoms with van der Waals surface area (Å²) in [7, 11) is 1.77. The molecule has 0 aromatic heterocycles. The summed E-state index contributed by atoms with van der Waals surface area (Å²) in [6, 6.07) is 10.7. The first-order valence-corrected chi connectivity index (χ1v) is 7.69. The van der Waals surface area contributed by atoms with Gasteiger partial charge in [-0.2, -0.15) is 5.26 Å². The maximum Gasteiger partial charge on any atom is 0.227 e. The fourth-order valence-electron chi connectivity index (χ4n) is 3.72. The van der Waals surface area contributed by atoms with Crippen LogP contribution in [0.15, 0.2) is 24.3 Å². The first-order valence-electron chi connectivity index (χ1n) is 7.69. The number of para-hydroxylation sites is 1. The number of hydrogen-bond acceptors (Lipinski definition) is 3. The zero-order valence-corrected chi connectivity index (χ0v) is 12.4. The van der Waals surface area contributed by atoms with Gasteiger partial charge in [-0.3, -0.25) is 4.79 Å². The van der Waals surface area contributed by atoms with Crippen LogP contribution in [0.5, 0.6) is 0 Å². The Kier molecular flexibility index (Phi) is 3.94. The highest BCUT2D eigenvalue weighted by Crippen LogP contribution is 2.33. The molecule has 1 aromatic rings. The van der Waals surface area contributed by atoms with Gasteiger partial charge in [0.1, 0.15) is 6.07 Å². The molecule has 2 aliphatic rings. The van der Waals surface area contributed by atoms with E-state index in [1.165, 1.54) is 12.8 Å². The summed E-state index contributed by atoms with van der Waals surface area (Å²) in [4.78, 5) is 14.2. The van der Waals surface area contributed by atoms with Gasteiger partial charge in [0.25, 0.3) is 0 Å². The Labute approximate surface area is 125 Å². The van der Waals surface area contributed by atoms with Gasteiger partial charge in [-0.1, -0.05) is 12.1 Å². The van der Waals surface area contributed by atoms with Crippen molar-refractivity contribution in [3.05, 3.63) is 29.8 Å². The molecule has 2 saturated heterocycles. The van der Waals surface area contributed by atoms with Gasteiger partial charge in [0.15, 0.2) is 0 Å². The van der Waals surface area contributed by atoms with E-state index in [0.29, 0.717) is 35.7 Å². The van der Waals surface area contributed by atoms with Gasteiger partial charge in [-0.25, -0.2) is 0 Å². The Morgan fingerprint density at radius 3 is 2.67 bits per heavy atom. The van der Waals surface area contributed by atoms with Crippen LogP contribution in [0.2, 0.25) is 0 Å². The van der Waals surface area contributed by atoms with Crippen LogP contribution in [0.3, 0.4) is 0 Å². The molecule has 0 spiro atoms. The number of nitrogens with zero attached hydrogens (tertiary/aromatic N) is 2. The molecule has 21 heavy (non-hydrogen) atoms. The van der Waals surface area contributed by atoms with Gasteiger partial charge in [-0.15, -0.1) is 0 Å². The van der Waals surface area contributed by atoms with Crippen molar-refractivity contribution in [3.63, 3.8) is 0 Å². The maximum atomic E-state index is 12.5. The highest BCUT2D eigenvalue weighted by atomic mass is 16.2. The lowest BCUT2D eigenvalue weighted by atomic mass is 9.89. The second-order valence-corrected chi connectivity index (χ2v) is 6.26. The minimum atomic E-state index is 0.115. The molecule has 4 nitrogen and oxygen atoms in total. The van der Waals surface area contributed by atoms with E-state index in [1.807, 2.05) is 18.2 Å². The molecule has 2 bridgehead atoms. The number of carbonyl (C=O) groups is 1. The van der Waals surface area contributed by atoms with Crippen LogP contribution in [0.4, 0.5) is 5.69 Å². The normalized spacial score (nSPS) is 27.1. The number of nitriles is 1. The van der Waals surface area contributed by atoms with Crippen molar-refractivity contribution in [2.45, 2.75) is 44.2 Å². The van der Waals surface area contributed by atoms with Crippen molar-refractivity contribution in [1.82, 2.24) is 5.32 Å². The van der Waals surface area contributed by atoms with E-state index in [1.54, 1.807) is 18.0 Å². The maximum absolute atomic E-state index is 12.5. The molecule has 4 heteroatoms. The van der Waals surface area contributed by atoms with Gasteiger partial charge in [-0.05, 0) is 43.7 Å². The molecule has 0 aliphatic carbocycles. The Morgan fingerprint density at radius 1 is 1.33 bits per heavy atom. The zero-order chi connectivity index (χ0) is 14.8. The fourth-order valence-corrected chi connectivity index (χ4v) is 3.72. The Bertz CT molecular complexity index is 566. The number of nitrogens with one attached hydrogen (secondary N) is 1. The lowest BCUT2D eigenvalue weighted by molar-refractivity contribution is -0.119. The van der Waals surface area contributed by atoms with E-state index in [4.69, 9.17) is 5.26 Å². The number of piperidine rings is 1. The third kappa shape index (κ3) is 2.93. The van der Waals surface area contributed by atoms with Gasteiger partial charge < -0.3 is 10.2 Å². The minimum Gasteiger partial charge on any atom is -0.314 e. The number of anilines is 1. The smallest absolute Gasteiger partial charge is 0.227 e. The average molecular weight is 283 g/mol. The van der Waals surface area contributed by atoms with Crippen LogP contribution >= 0.6 is 0 Å². The monoisotopic (exact) mass is 283 g/mol. The topological polar surface area (TPSA) is 56.1 Å². The van der Waals surface area contributed by atoms with Crippen molar-refractivity contribution in [1.29, 1.82) is 5.26 Å². The summed E-state index contributed by atoms with van der Waals surface area (Å²) in [5.74, 6) is 0.594. The van der Waals surface area contributed by atoms with Crippen molar-refractivity contribution in [3.8, 4) is 6.07 Å². The van der Waals surface area contributed by atoms with E-state index in [-0.39, 0.29) is 5.91 Å². The fraction of sp³-hybridized carbons (Fsp3) is 0.529. The van der Waals surface area contributed by atoms with Crippen LogP contribution < -0.4 is 10.2 Å². The quantitative estimate of drug-likeness (QED) is 0.927. The van der Waals surface area contributed by atoms with Crippen molar-refractivity contribution in [2.24, 2.45) is 5.92 Å². The van der Waals surface area contributed by atoms with Crippen LogP contribution in [0, 0.1) is 17.2 Å². The van der Waals surface area contributed by atoms with Crippen LogP contribution in [0.25, 0.3) is 0 Å². The van der Waals surface area contributed by atoms with Crippen LogP contribution in [-0.2, 0) is 4.79 Å². The zero-order valence-electron chi connectivity index (χ0n) is 12.4. The lowest BCUT2D eigenvalue weighted by Gasteiger charge is -2.30. The second kappa shape index (κ2) is 5.87. The molecule has 1 aromatic carbocycles. The third-order valence-electron chi connectivity index (χ3n) is 4.79. The molecule has 1 amide bonds. The highest BCUT2D eigenvalue weighted by Gasteiger charge is 2.34. The van der Waals surface area contributed by atoms with Crippen LogP contribution in [-0.4, -0.2) is 25.0 Å². The molecule has 2 fully saturated rings. The number of amides is 1. The largest absolute Gasteiger partial charge is 0.314 e. The van der Waals surface area contributed by atoms with E-state index in [9.17, 15) is 4.79 Å². The summed E-state index contributed by atoms with van der Waals surface area (Å²) in [6.45, 7) is 0. The van der Waals surface area contributed by atoms with Crippen molar-refractivity contribution >= 4 is 11.6 Å². The molecule has 3 rings (SSSR count). The number of carbonyl (C=O) groups excluding carboxylic acids is 1. The standard InChI is InChI=1S/C17H21N3O/c1-20(16-5-3-2-4-13(16)11-18)17(21)10-12-8-14-6-7-15(9-12)19-14/h2-5,12,14-15,19H,6-10H2,1H3. The Morgan fingerprint density at radius 2 is 2.00 bits per heavy atom. The second-order valence-electron chi connectivity index (χ2n) is 6.26. The van der Waals surface area contributed by atoms with Crippen LogP contribution in [0.1, 0.15) is 37.7 Å². The molecule has 1 N–H and O–H groups in total. The SMILES string of the molecule is CN(C(=O)CC1CC2CCC(C1)N2)c1ccccc1C#N. The molecule has 0 radical (unpaired) electrons. The minimum absolute atomic E-state index is 0.115. The number of fused-ring (bicyclic) bond motifs is 2. The number of hydrogen-bond donors (Lipinski definition) is 1. The molecule has 0 saturated carbocycles. The van der Waals surface area contributed by atoms with E-state index >= 15 is 0 Å². The van der Waals surface area contributed by atoms with Gasteiger partial charge in [0.2, 0.25) is 5.91 Å². The van der Waals surface area contributed by atoms with Crippen molar-refractivity contribution in [2.75, 3.05) is 11.9 Å². The molecule has 2 heterocycles.